The molecule has 0 radical (unpaired) electrons. The number of ether oxygens (including phenoxy) is 1. The minimum absolute atomic E-state index is 0.0125. The molecular weight excluding hydrogens is 270 g/mol. The second-order valence-corrected chi connectivity index (χ2v) is 6.00. The number of hydrogen-bond acceptors (Lipinski definition) is 5. The van der Waals surface area contributed by atoms with E-state index in [2.05, 4.69) is 15.3 Å². The lowest BCUT2D eigenvalue weighted by molar-refractivity contribution is -0.103. The molecule has 1 aromatic heterocycles. The molecule has 1 aromatic rings. The van der Waals surface area contributed by atoms with Gasteiger partial charge in [-0.1, -0.05) is 19.3 Å². The molecule has 1 unspecified atom stereocenters. The van der Waals surface area contributed by atoms with Gasteiger partial charge in [0.2, 0.25) is 5.95 Å². The largest absolute Gasteiger partial charge is 0.477 e. The molecule has 2 heterocycles. The predicted octanol–water partition coefficient (Wildman–Crippen LogP) is 2.47. The van der Waals surface area contributed by atoms with Gasteiger partial charge in [-0.3, -0.25) is 0 Å². The lowest BCUT2D eigenvalue weighted by atomic mass is 9.78. The van der Waals surface area contributed by atoms with Crippen LogP contribution in [0.4, 0.5) is 5.95 Å². The van der Waals surface area contributed by atoms with E-state index in [9.17, 15) is 4.79 Å². The van der Waals surface area contributed by atoms with Crippen LogP contribution in [0.15, 0.2) is 12.3 Å². The molecule has 21 heavy (non-hydrogen) atoms. The molecule has 0 bridgehead atoms. The number of nitrogens with one attached hydrogen (secondary N) is 1. The van der Waals surface area contributed by atoms with E-state index in [1.165, 1.54) is 31.5 Å². The Kier molecular flexibility index (Phi) is 4.05. The molecule has 0 aromatic carbocycles. The van der Waals surface area contributed by atoms with Gasteiger partial charge < -0.3 is 15.2 Å². The zero-order chi connectivity index (χ0) is 14.7. The second kappa shape index (κ2) is 5.97. The number of carboxylic acid groups (broad SMARTS) is 1. The minimum atomic E-state index is -1.03. The van der Waals surface area contributed by atoms with Gasteiger partial charge in [-0.25, -0.2) is 14.8 Å². The molecule has 114 valence electrons. The maximum atomic E-state index is 10.9. The lowest BCUT2D eigenvalue weighted by Crippen LogP contribution is -2.45. The lowest BCUT2D eigenvalue weighted by Gasteiger charge is -2.43. The first-order valence-corrected chi connectivity index (χ1v) is 7.64. The third-order valence-electron chi connectivity index (χ3n) is 4.47. The van der Waals surface area contributed by atoms with Crippen LogP contribution in [0.1, 0.15) is 55.4 Å². The molecule has 1 saturated carbocycles. The summed E-state index contributed by atoms with van der Waals surface area (Å²) in [6.45, 7) is 0.746. The smallest absolute Gasteiger partial charge is 0.354 e. The van der Waals surface area contributed by atoms with E-state index in [-0.39, 0.29) is 17.3 Å². The zero-order valence-corrected chi connectivity index (χ0v) is 12.0. The van der Waals surface area contributed by atoms with Crippen molar-refractivity contribution in [1.82, 2.24) is 9.97 Å². The van der Waals surface area contributed by atoms with Crippen molar-refractivity contribution in [2.75, 3.05) is 11.9 Å². The van der Waals surface area contributed by atoms with E-state index in [4.69, 9.17) is 9.84 Å². The highest BCUT2D eigenvalue weighted by molar-refractivity contribution is 5.85. The predicted molar refractivity (Wildman–Crippen MR) is 77.4 cm³/mol. The number of hydrogen-bond donors (Lipinski definition) is 2. The summed E-state index contributed by atoms with van der Waals surface area (Å²) in [5, 5.41) is 12.3. The molecule has 1 aliphatic carbocycles. The fourth-order valence-electron chi connectivity index (χ4n) is 3.43. The molecule has 2 fully saturated rings. The number of rotatable bonds is 3. The maximum absolute atomic E-state index is 10.9. The average Bonchev–Trinajstić information content (AvgIpc) is 2.48. The maximum Gasteiger partial charge on any atom is 0.354 e. The molecule has 6 heteroatoms. The van der Waals surface area contributed by atoms with E-state index in [0.717, 1.165) is 32.3 Å². The zero-order valence-electron chi connectivity index (χ0n) is 12.0. The molecule has 1 saturated heterocycles. The van der Waals surface area contributed by atoms with Gasteiger partial charge >= 0.3 is 5.97 Å². The normalized spacial score (nSPS) is 24.7. The molecule has 2 N–H and O–H groups in total. The van der Waals surface area contributed by atoms with Gasteiger partial charge in [0, 0.05) is 18.8 Å². The fraction of sp³-hybridized carbons (Fsp3) is 0.667. The highest BCUT2D eigenvalue weighted by atomic mass is 16.5. The van der Waals surface area contributed by atoms with Gasteiger partial charge in [0.05, 0.1) is 5.60 Å². The topological polar surface area (TPSA) is 84.3 Å². The van der Waals surface area contributed by atoms with Gasteiger partial charge in [0.25, 0.3) is 0 Å². The van der Waals surface area contributed by atoms with Crippen molar-refractivity contribution in [2.24, 2.45) is 0 Å². The second-order valence-electron chi connectivity index (χ2n) is 6.00. The summed E-state index contributed by atoms with van der Waals surface area (Å²) in [4.78, 5) is 19.1. The Hall–Kier alpha value is -1.69. The molecule has 1 atom stereocenters. The van der Waals surface area contributed by atoms with E-state index in [1.807, 2.05) is 0 Å². The SMILES string of the molecule is O=C(O)c1ccnc(NC2CCOC3(CCCCC3)C2)n1. The summed E-state index contributed by atoms with van der Waals surface area (Å²) in [5.41, 5.74) is 0.0328. The minimum Gasteiger partial charge on any atom is -0.477 e. The summed E-state index contributed by atoms with van der Waals surface area (Å²) in [5.74, 6) is -0.635. The van der Waals surface area contributed by atoms with Crippen LogP contribution in [0.5, 0.6) is 0 Å². The van der Waals surface area contributed by atoms with Crippen LogP contribution < -0.4 is 5.32 Å². The first-order valence-electron chi connectivity index (χ1n) is 7.64. The van der Waals surface area contributed by atoms with Gasteiger partial charge in [-0.05, 0) is 31.7 Å². The summed E-state index contributed by atoms with van der Waals surface area (Å²) in [6.07, 6.45) is 9.36. The third kappa shape index (κ3) is 3.32. The van der Waals surface area contributed by atoms with Crippen LogP contribution in [0, 0.1) is 0 Å². The van der Waals surface area contributed by atoms with Crippen molar-refractivity contribution < 1.29 is 14.6 Å². The Morgan fingerprint density at radius 3 is 2.95 bits per heavy atom. The van der Waals surface area contributed by atoms with Crippen molar-refractivity contribution in [1.29, 1.82) is 0 Å². The van der Waals surface area contributed by atoms with Gasteiger partial charge in [0.15, 0.2) is 5.69 Å². The molecular formula is C15H21N3O3. The molecule has 2 aliphatic rings. The highest BCUT2D eigenvalue weighted by Crippen LogP contribution is 2.39. The first kappa shape index (κ1) is 14.3. The third-order valence-corrected chi connectivity index (χ3v) is 4.47. The number of aromatic carboxylic acids is 1. The Labute approximate surface area is 123 Å². The summed E-state index contributed by atoms with van der Waals surface area (Å²) in [7, 11) is 0. The Bertz CT molecular complexity index is 509. The molecule has 0 amide bonds. The number of carbonyl (C=O) groups is 1. The number of carboxylic acids is 1. The van der Waals surface area contributed by atoms with Crippen molar-refractivity contribution in [3.8, 4) is 0 Å². The summed E-state index contributed by atoms with van der Waals surface area (Å²) >= 11 is 0. The highest BCUT2D eigenvalue weighted by Gasteiger charge is 2.38. The van der Waals surface area contributed by atoms with Crippen molar-refractivity contribution in [3.63, 3.8) is 0 Å². The molecule has 3 rings (SSSR count). The fourth-order valence-corrected chi connectivity index (χ4v) is 3.43. The number of anilines is 1. The molecule has 1 aliphatic heterocycles. The summed E-state index contributed by atoms with van der Waals surface area (Å²) in [6, 6.07) is 1.65. The van der Waals surface area contributed by atoms with Crippen LogP contribution in [-0.4, -0.2) is 39.3 Å². The van der Waals surface area contributed by atoms with Crippen LogP contribution >= 0.6 is 0 Å². The van der Waals surface area contributed by atoms with E-state index >= 15 is 0 Å². The van der Waals surface area contributed by atoms with Crippen LogP contribution in [0.3, 0.4) is 0 Å². The van der Waals surface area contributed by atoms with Gasteiger partial charge in [-0.2, -0.15) is 0 Å². The molecule has 1 spiro atoms. The number of nitrogens with zero attached hydrogens (tertiary/aromatic N) is 2. The standard InChI is InChI=1S/C15H21N3O3/c19-13(20)12-4-8-16-14(18-12)17-11-5-9-21-15(10-11)6-2-1-3-7-15/h4,8,11H,1-3,5-7,9-10H2,(H,19,20)(H,16,17,18). The Morgan fingerprint density at radius 2 is 2.19 bits per heavy atom. The van der Waals surface area contributed by atoms with Crippen LogP contribution in [0.2, 0.25) is 0 Å². The molecule has 6 nitrogen and oxygen atoms in total. The van der Waals surface area contributed by atoms with Crippen LogP contribution in [-0.2, 0) is 4.74 Å². The monoisotopic (exact) mass is 291 g/mol. The van der Waals surface area contributed by atoms with Crippen molar-refractivity contribution in [3.05, 3.63) is 18.0 Å². The van der Waals surface area contributed by atoms with Crippen molar-refractivity contribution in [2.45, 2.75) is 56.6 Å². The van der Waals surface area contributed by atoms with Gasteiger partial charge in [0.1, 0.15) is 0 Å². The van der Waals surface area contributed by atoms with E-state index in [1.54, 1.807) is 0 Å². The quantitative estimate of drug-likeness (QED) is 0.890. The first-order chi connectivity index (χ1) is 10.2. The average molecular weight is 291 g/mol. The van der Waals surface area contributed by atoms with E-state index in [0.29, 0.717) is 5.95 Å². The van der Waals surface area contributed by atoms with Crippen molar-refractivity contribution >= 4 is 11.9 Å². The van der Waals surface area contributed by atoms with Crippen LogP contribution in [0.25, 0.3) is 0 Å². The summed E-state index contributed by atoms with van der Waals surface area (Å²) < 4.78 is 6.06. The van der Waals surface area contributed by atoms with Gasteiger partial charge in [-0.15, -0.1) is 0 Å². The number of aromatic nitrogens is 2. The Morgan fingerprint density at radius 1 is 1.38 bits per heavy atom. The Balaban J connectivity index is 1.67. The van der Waals surface area contributed by atoms with E-state index < -0.39 is 5.97 Å².